The van der Waals surface area contributed by atoms with E-state index in [1.54, 1.807) is 11.8 Å². The number of benzene rings is 1. The SMILES string of the molecule is CCOc1ccc(-c2cnc(NC3=CCCC=C3)nc2SC)cc1. The van der Waals surface area contributed by atoms with Crippen molar-refractivity contribution in [2.24, 2.45) is 0 Å². The number of nitrogens with one attached hydrogen (secondary N) is 1. The van der Waals surface area contributed by atoms with E-state index in [1.807, 2.05) is 43.6 Å². The van der Waals surface area contributed by atoms with Crippen LogP contribution in [0.15, 0.2) is 59.4 Å². The monoisotopic (exact) mass is 339 g/mol. The summed E-state index contributed by atoms with van der Waals surface area (Å²) in [4.78, 5) is 9.13. The average Bonchev–Trinajstić information content (AvgIpc) is 2.63. The zero-order valence-electron chi connectivity index (χ0n) is 14.0. The number of thioether (sulfide) groups is 1. The summed E-state index contributed by atoms with van der Waals surface area (Å²) in [5.74, 6) is 1.51. The fraction of sp³-hybridized carbons (Fsp3) is 0.263. The Labute approximate surface area is 147 Å². The Morgan fingerprint density at radius 1 is 1.21 bits per heavy atom. The smallest absolute Gasteiger partial charge is 0.228 e. The molecule has 5 heteroatoms. The Kier molecular flexibility index (Phi) is 5.54. The van der Waals surface area contributed by atoms with Crippen LogP contribution in [0, 0.1) is 0 Å². The molecule has 2 aromatic rings. The van der Waals surface area contributed by atoms with E-state index in [9.17, 15) is 0 Å². The molecule has 1 aliphatic carbocycles. The topological polar surface area (TPSA) is 47.0 Å². The third-order valence-corrected chi connectivity index (χ3v) is 4.37. The maximum absolute atomic E-state index is 5.50. The molecule has 0 saturated carbocycles. The number of anilines is 1. The molecule has 4 nitrogen and oxygen atoms in total. The highest BCUT2D eigenvalue weighted by molar-refractivity contribution is 7.98. The Hall–Kier alpha value is -2.27. The summed E-state index contributed by atoms with van der Waals surface area (Å²) in [6, 6.07) is 8.05. The largest absolute Gasteiger partial charge is 0.494 e. The van der Waals surface area contributed by atoms with Gasteiger partial charge in [-0.2, -0.15) is 0 Å². The van der Waals surface area contributed by atoms with Gasteiger partial charge in [-0.25, -0.2) is 9.97 Å². The molecule has 1 N–H and O–H groups in total. The molecule has 0 atom stereocenters. The average molecular weight is 339 g/mol. The number of rotatable bonds is 6. The van der Waals surface area contributed by atoms with Crippen molar-refractivity contribution >= 4 is 17.7 Å². The summed E-state index contributed by atoms with van der Waals surface area (Å²) in [5.41, 5.74) is 3.18. The molecule has 1 aliphatic rings. The van der Waals surface area contributed by atoms with E-state index in [4.69, 9.17) is 4.74 Å². The van der Waals surface area contributed by atoms with Gasteiger partial charge in [0.05, 0.1) is 6.61 Å². The molecule has 0 spiro atoms. The minimum atomic E-state index is 0.631. The molecule has 0 fully saturated rings. The number of allylic oxidation sites excluding steroid dienone is 3. The molecule has 0 saturated heterocycles. The Balaban J connectivity index is 1.83. The van der Waals surface area contributed by atoms with E-state index in [1.165, 1.54) is 0 Å². The van der Waals surface area contributed by atoms with Gasteiger partial charge in [0.1, 0.15) is 10.8 Å². The van der Waals surface area contributed by atoms with Crippen LogP contribution in [0.5, 0.6) is 5.75 Å². The first-order valence-electron chi connectivity index (χ1n) is 8.08. The molecule has 1 heterocycles. The minimum Gasteiger partial charge on any atom is -0.494 e. The fourth-order valence-electron chi connectivity index (χ4n) is 2.51. The molecule has 1 aromatic carbocycles. The lowest BCUT2D eigenvalue weighted by Crippen LogP contribution is -2.04. The van der Waals surface area contributed by atoms with Crippen molar-refractivity contribution < 1.29 is 4.74 Å². The van der Waals surface area contributed by atoms with Crippen LogP contribution in [0.2, 0.25) is 0 Å². The molecule has 124 valence electrons. The number of ether oxygens (including phenoxy) is 1. The molecule has 0 bridgehead atoms. The van der Waals surface area contributed by atoms with E-state index in [-0.39, 0.29) is 0 Å². The van der Waals surface area contributed by atoms with Crippen LogP contribution in [0.25, 0.3) is 11.1 Å². The van der Waals surface area contributed by atoms with Gasteiger partial charge >= 0.3 is 0 Å². The molecule has 0 aliphatic heterocycles. The van der Waals surface area contributed by atoms with Crippen LogP contribution >= 0.6 is 11.8 Å². The summed E-state index contributed by atoms with van der Waals surface area (Å²) < 4.78 is 5.50. The van der Waals surface area contributed by atoms with Gasteiger partial charge in [-0.3, -0.25) is 0 Å². The lowest BCUT2D eigenvalue weighted by atomic mass is 10.1. The van der Waals surface area contributed by atoms with Crippen LogP contribution < -0.4 is 10.1 Å². The van der Waals surface area contributed by atoms with E-state index in [2.05, 4.69) is 33.5 Å². The predicted molar refractivity (Wildman–Crippen MR) is 100 cm³/mol. The fourth-order valence-corrected chi connectivity index (χ4v) is 3.08. The zero-order chi connectivity index (χ0) is 16.8. The van der Waals surface area contributed by atoms with E-state index in [0.717, 1.165) is 40.4 Å². The van der Waals surface area contributed by atoms with Crippen molar-refractivity contribution in [3.63, 3.8) is 0 Å². The second kappa shape index (κ2) is 8.02. The lowest BCUT2D eigenvalue weighted by Gasteiger charge is -2.12. The van der Waals surface area contributed by atoms with Crippen LogP contribution in [-0.4, -0.2) is 22.8 Å². The summed E-state index contributed by atoms with van der Waals surface area (Å²) in [5, 5.41) is 4.23. The van der Waals surface area contributed by atoms with Gasteiger partial charge in [0, 0.05) is 17.5 Å². The number of nitrogens with zero attached hydrogens (tertiary/aromatic N) is 2. The van der Waals surface area contributed by atoms with Gasteiger partial charge < -0.3 is 10.1 Å². The zero-order valence-corrected chi connectivity index (χ0v) is 14.8. The summed E-state index contributed by atoms with van der Waals surface area (Å²) >= 11 is 1.62. The first-order valence-corrected chi connectivity index (χ1v) is 9.30. The van der Waals surface area contributed by atoms with Gasteiger partial charge in [0.15, 0.2) is 0 Å². The first kappa shape index (κ1) is 16.6. The quantitative estimate of drug-likeness (QED) is 0.598. The first-order chi connectivity index (χ1) is 11.8. The molecular formula is C19H21N3OS. The molecule has 0 radical (unpaired) electrons. The van der Waals surface area contributed by atoms with Crippen molar-refractivity contribution in [3.05, 3.63) is 54.4 Å². The third-order valence-electron chi connectivity index (χ3n) is 3.67. The van der Waals surface area contributed by atoms with Gasteiger partial charge in [-0.1, -0.05) is 24.3 Å². The van der Waals surface area contributed by atoms with Crippen LogP contribution in [0.1, 0.15) is 19.8 Å². The van der Waals surface area contributed by atoms with Crippen molar-refractivity contribution in [2.75, 3.05) is 18.2 Å². The van der Waals surface area contributed by atoms with Crippen LogP contribution in [0.3, 0.4) is 0 Å². The highest BCUT2D eigenvalue weighted by Gasteiger charge is 2.10. The highest BCUT2D eigenvalue weighted by Crippen LogP contribution is 2.30. The molecular weight excluding hydrogens is 318 g/mol. The van der Waals surface area contributed by atoms with Crippen molar-refractivity contribution in [1.29, 1.82) is 0 Å². The Bertz CT molecular complexity index is 754. The molecule has 1 aromatic heterocycles. The third kappa shape index (κ3) is 3.97. The predicted octanol–water partition coefficient (Wildman–Crippen LogP) is 4.91. The minimum absolute atomic E-state index is 0.631. The maximum Gasteiger partial charge on any atom is 0.228 e. The molecule has 0 amide bonds. The van der Waals surface area contributed by atoms with E-state index >= 15 is 0 Å². The lowest BCUT2D eigenvalue weighted by molar-refractivity contribution is 0.340. The standard InChI is InChI=1S/C19H21N3OS/c1-3-23-16-11-9-14(10-12-16)17-13-20-19(22-18(17)24-2)21-15-7-5-4-6-8-15/h5,7-13H,3-4,6H2,1-2H3,(H,20,21,22). The second-order valence-electron chi connectivity index (χ2n) is 5.34. The van der Waals surface area contributed by atoms with Crippen LogP contribution in [-0.2, 0) is 0 Å². The summed E-state index contributed by atoms with van der Waals surface area (Å²) in [7, 11) is 0. The number of hydrogen-bond acceptors (Lipinski definition) is 5. The molecule has 0 unspecified atom stereocenters. The number of hydrogen-bond donors (Lipinski definition) is 1. The van der Waals surface area contributed by atoms with Crippen LogP contribution in [0.4, 0.5) is 5.95 Å². The molecule has 24 heavy (non-hydrogen) atoms. The van der Waals surface area contributed by atoms with Gasteiger partial charge in [0.25, 0.3) is 0 Å². The maximum atomic E-state index is 5.50. The normalized spacial score (nSPS) is 13.5. The van der Waals surface area contributed by atoms with E-state index < -0.39 is 0 Å². The van der Waals surface area contributed by atoms with Crippen molar-refractivity contribution in [1.82, 2.24) is 9.97 Å². The van der Waals surface area contributed by atoms with Gasteiger partial charge in [-0.05, 0) is 49.8 Å². The van der Waals surface area contributed by atoms with E-state index in [0.29, 0.717) is 12.6 Å². The van der Waals surface area contributed by atoms with Crippen molar-refractivity contribution in [2.45, 2.75) is 24.8 Å². The summed E-state index contributed by atoms with van der Waals surface area (Å²) in [6.45, 7) is 2.65. The Morgan fingerprint density at radius 3 is 2.71 bits per heavy atom. The van der Waals surface area contributed by atoms with Gasteiger partial charge in [0.2, 0.25) is 5.95 Å². The van der Waals surface area contributed by atoms with Gasteiger partial charge in [-0.15, -0.1) is 11.8 Å². The molecule has 3 rings (SSSR count). The van der Waals surface area contributed by atoms with Crippen molar-refractivity contribution in [3.8, 4) is 16.9 Å². The second-order valence-corrected chi connectivity index (χ2v) is 6.13. The Morgan fingerprint density at radius 2 is 2.04 bits per heavy atom. The highest BCUT2D eigenvalue weighted by atomic mass is 32.2. The number of aromatic nitrogens is 2. The summed E-state index contributed by atoms with van der Waals surface area (Å²) in [6.07, 6.45) is 12.5.